The van der Waals surface area contributed by atoms with Crippen molar-refractivity contribution in [2.24, 2.45) is 4.99 Å². The number of nitrogens with zero attached hydrogens (tertiary/aromatic N) is 2. The van der Waals surface area contributed by atoms with Gasteiger partial charge in [-0.05, 0) is 38.3 Å². The third-order valence-corrected chi connectivity index (χ3v) is 3.11. The first-order chi connectivity index (χ1) is 9.47. The summed E-state index contributed by atoms with van der Waals surface area (Å²) in [6.45, 7) is 3.74. The summed E-state index contributed by atoms with van der Waals surface area (Å²) in [5.41, 5.74) is 0.912. The Labute approximate surface area is 127 Å². The number of thioether (sulfide) groups is 1. The molecular weight excluding hydrogens is 296 g/mol. The maximum Gasteiger partial charge on any atom is 0.253 e. The van der Waals surface area contributed by atoms with E-state index in [9.17, 15) is 4.79 Å². The molecule has 0 atom stereocenters. The van der Waals surface area contributed by atoms with E-state index in [4.69, 9.17) is 16.9 Å². The van der Waals surface area contributed by atoms with Crippen molar-refractivity contribution in [2.75, 3.05) is 6.26 Å². The maximum atomic E-state index is 12.0. The topological polar surface area (TPSA) is 77.3 Å². The fourth-order valence-electron chi connectivity index (χ4n) is 1.39. The first kappa shape index (κ1) is 16.3. The molecule has 0 spiro atoms. The molecule has 0 heterocycles. The summed E-state index contributed by atoms with van der Waals surface area (Å²) >= 11 is 7.32. The molecule has 1 amide bonds. The van der Waals surface area contributed by atoms with E-state index in [1.165, 1.54) is 11.8 Å². The van der Waals surface area contributed by atoms with E-state index in [-0.39, 0.29) is 11.9 Å². The molecule has 0 radical (unpaired) electrons. The first-order valence-electron chi connectivity index (χ1n) is 5.86. The third kappa shape index (κ3) is 4.76. The predicted octanol–water partition coefficient (Wildman–Crippen LogP) is 2.90. The van der Waals surface area contributed by atoms with Crippen LogP contribution >= 0.6 is 23.4 Å². The highest BCUT2D eigenvalue weighted by Crippen LogP contribution is 2.23. The number of carbonyl (C=O) groups is 1. The van der Waals surface area contributed by atoms with Crippen LogP contribution in [0.3, 0.4) is 0 Å². The summed E-state index contributed by atoms with van der Waals surface area (Å²) < 4.78 is 0. The molecule has 0 unspecified atom stereocenters. The van der Waals surface area contributed by atoms with Crippen LogP contribution in [0.25, 0.3) is 0 Å². The lowest BCUT2D eigenvalue weighted by atomic mass is 10.2. The van der Waals surface area contributed by atoms with Gasteiger partial charge in [-0.3, -0.25) is 10.1 Å². The minimum absolute atomic E-state index is 0.0211. The van der Waals surface area contributed by atoms with Gasteiger partial charge in [-0.1, -0.05) is 23.4 Å². The molecule has 2 N–H and O–H groups in total. The Hall–Kier alpha value is -1.71. The van der Waals surface area contributed by atoms with Gasteiger partial charge in [-0.25, -0.2) is 4.99 Å². The summed E-state index contributed by atoms with van der Waals surface area (Å²) in [7, 11) is 0. The number of amidine groups is 1. The quantitative estimate of drug-likeness (QED) is 0.389. The summed E-state index contributed by atoms with van der Waals surface area (Å²) in [6, 6.07) is 4.91. The van der Waals surface area contributed by atoms with E-state index in [0.29, 0.717) is 21.4 Å². The maximum absolute atomic E-state index is 12.0. The zero-order valence-corrected chi connectivity index (χ0v) is 13.0. The molecule has 7 heteroatoms. The van der Waals surface area contributed by atoms with Gasteiger partial charge < -0.3 is 5.32 Å². The summed E-state index contributed by atoms with van der Waals surface area (Å²) in [5, 5.41) is 14.6. The molecular formula is C13H15ClN4OS. The van der Waals surface area contributed by atoms with Crippen molar-refractivity contribution in [3.63, 3.8) is 0 Å². The molecule has 1 aromatic rings. The second kappa shape index (κ2) is 7.78. The van der Waals surface area contributed by atoms with Crippen LogP contribution < -0.4 is 10.6 Å². The van der Waals surface area contributed by atoms with Crippen molar-refractivity contribution in [2.45, 2.75) is 19.9 Å². The number of hydrogen-bond donors (Lipinski definition) is 2. The third-order valence-electron chi connectivity index (χ3n) is 2.20. The Morgan fingerprint density at radius 2 is 2.20 bits per heavy atom. The molecule has 106 valence electrons. The normalized spacial score (nSPS) is 11.1. The Balaban J connectivity index is 3.08. The molecule has 0 fully saturated rings. The number of benzene rings is 1. The standard InChI is InChI=1S/C13H15ClN4OS/c1-8(2)17-12(19)10-6-9(4-5-11(10)14)18-13(20-3)16-7-15/h4-6,8H,1-3H3,(H,16,18)(H,17,19). The number of rotatable bonds is 3. The second-order valence-corrected chi connectivity index (χ2v) is 5.35. The number of nitrogens with one attached hydrogen (secondary N) is 2. The summed E-state index contributed by atoms with van der Waals surface area (Å²) in [6.07, 6.45) is 3.60. The lowest BCUT2D eigenvalue weighted by molar-refractivity contribution is 0.0943. The Kier molecular flexibility index (Phi) is 6.36. The van der Waals surface area contributed by atoms with Gasteiger partial charge in [-0.15, -0.1) is 0 Å². The molecule has 0 bridgehead atoms. The summed E-state index contributed by atoms with van der Waals surface area (Å²) in [5.74, 6) is -0.249. The van der Waals surface area contributed by atoms with E-state index in [2.05, 4.69) is 15.6 Å². The van der Waals surface area contributed by atoms with E-state index in [1.807, 2.05) is 13.8 Å². The van der Waals surface area contributed by atoms with E-state index >= 15 is 0 Å². The van der Waals surface area contributed by atoms with Gasteiger partial charge in [0.15, 0.2) is 11.4 Å². The number of carbonyl (C=O) groups excluding carboxylic acids is 1. The smallest absolute Gasteiger partial charge is 0.253 e. The zero-order chi connectivity index (χ0) is 15.1. The average molecular weight is 311 g/mol. The number of aliphatic imine (C=N–C) groups is 1. The van der Waals surface area contributed by atoms with Gasteiger partial charge in [0.2, 0.25) is 0 Å². The minimum Gasteiger partial charge on any atom is -0.350 e. The number of nitriles is 1. The number of hydrogen-bond acceptors (Lipinski definition) is 4. The first-order valence-corrected chi connectivity index (χ1v) is 7.46. The molecule has 0 aliphatic carbocycles. The zero-order valence-electron chi connectivity index (χ0n) is 11.4. The van der Waals surface area contributed by atoms with E-state index < -0.39 is 0 Å². The van der Waals surface area contributed by atoms with Gasteiger partial charge in [0.05, 0.1) is 16.3 Å². The van der Waals surface area contributed by atoms with Crippen molar-refractivity contribution in [3.8, 4) is 6.19 Å². The van der Waals surface area contributed by atoms with Crippen molar-refractivity contribution >= 4 is 40.1 Å². The van der Waals surface area contributed by atoms with Gasteiger partial charge >= 0.3 is 0 Å². The average Bonchev–Trinajstić information content (AvgIpc) is 2.39. The van der Waals surface area contributed by atoms with Crippen LogP contribution in [0, 0.1) is 11.5 Å². The molecule has 0 aromatic heterocycles. The van der Waals surface area contributed by atoms with Crippen LogP contribution in [0.15, 0.2) is 23.2 Å². The van der Waals surface area contributed by atoms with E-state index in [0.717, 1.165) is 0 Å². The Bertz CT molecular complexity index is 566. The molecule has 20 heavy (non-hydrogen) atoms. The molecule has 0 aliphatic rings. The molecule has 0 aliphatic heterocycles. The van der Waals surface area contributed by atoms with Crippen molar-refractivity contribution < 1.29 is 4.79 Å². The largest absolute Gasteiger partial charge is 0.350 e. The second-order valence-electron chi connectivity index (χ2n) is 4.15. The molecule has 0 saturated heterocycles. The van der Waals surface area contributed by atoms with Gasteiger partial charge in [-0.2, -0.15) is 5.26 Å². The van der Waals surface area contributed by atoms with Crippen LogP contribution in [-0.2, 0) is 0 Å². The predicted molar refractivity (Wildman–Crippen MR) is 83.4 cm³/mol. The molecule has 0 saturated carbocycles. The van der Waals surface area contributed by atoms with Gasteiger partial charge in [0.1, 0.15) is 0 Å². The van der Waals surface area contributed by atoms with Crippen LogP contribution in [-0.4, -0.2) is 23.4 Å². The van der Waals surface area contributed by atoms with Crippen LogP contribution in [0.1, 0.15) is 24.2 Å². The SMILES string of the molecule is CSC(=Nc1ccc(Cl)c(C(=O)NC(C)C)c1)NC#N. The highest BCUT2D eigenvalue weighted by Gasteiger charge is 2.12. The highest BCUT2D eigenvalue weighted by atomic mass is 35.5. The molecule has 1 aromatic carbocycles. The lowest BCUT2D eigenvalue weighted by Gasteiger charge is -2.10. The van der Waals surface area contributed by atoms with Crippen molar-refractivity contribution in [1.29, 1.82) is 5.26 Å². The number of halogens is 1. The van der Waals surface area contributed by atoms with Crippen LogP contribution in [0.4, 0.5) is 5.69 Å². The minimum atomic E-state index is -0.249. The van der Waals surface area contributed by atoms with Gasteiger partial charge in [0, 0.05) is 6.04 Å². The Morgan fingerprint density at radius 3 is 2.75 bits per heavy atom. The van der Waals surface area contributed by atoms with Crippen molar-refractivity contribution in [3.05, 3.63) is 28.8 Å². The van der Waals surface area contributed by atoms with E-state index in [1.54, 1.807) is 30.6 Å². The highest BCUT2D eigenvalue weighted by molar-refractivity contribution is 8.13. The molecule has 5 nitrogen and oxygen atoms in total. The summed E-state index contributed by atoms with van der Waals surface area (Å²) in [4.78, 5) is 16.2. The monoisotopic (exact) mass is 310 g/mol. The Morgan fingerprint density at radius 1 is 1.50 bits per heavy atom. The van der Waals surface area contributed by atoms with Crippen LogP contribution in [0.2, 0.25) is 5.02 Å². The van der Waals surface area contributed by atoms with Crippen LogP contribution in [0.5, 0.6) is 0 Å². The number of amides is 1. The lowest BCUT2D eigenvalue weighted by Crippen LogP contribution is -2.30. The van der Waals surface area contributed by atoms with Gasteiger partial charge in [0.25, 0.3) is 5.91 Å². The van der Waals surface area contributed by atoms with Crippen molar-refractivity contribution in [1.82, 2.24) is 10.6 Å². The molecule has 1 rings (SSSR count). The fourth-order valence-corrected chi connectivity index (χ4v) is 1.93. The fraction of sp³-hybridized carbons (Fsp3) is 0.308.